The highest BCUT2D eigenvalue weighted by atomic mass is 32.2. The van der Waals surface area contributed by atoms with Crippen molar-refractivity contribution >= 4 is 15.9 Å². The molecule has 0 unspecified atom stereocenters. The van der Waals surface area contributed by atoms with Crippen molar-refractivity contribution in [2.75, 3.05) is 32.8 Å². The van der Waals surface area contributed by atoms with Crippen LogP contribution in [0.25, 0.3) is 0 Å². The van der Waals surface area contributed by atoms with Crippen molar-refractivity contribution in [3.63, 3.8) is 0 Å². The first-order valence-electron chi connectivity index (χ1n) is 10.6. The van der Waals surface area contributed by atoms with Crippen LogP contribution in [0.5, 0.6) is 5.75 Å². The minimum absolute atomic E-state index is 0.0466. The minimum atomic E-state index is -3.60. The summed E-state index contributed by atoms with van der Waals surface area (Å²) < 4.78 is 33.0. The molecule has 0 bridgehead atoms. The quantitative estimate of drug-likeness (QED) is 0.668. The predicted octanol–water partition coefficient (Wildman–Crippen LogP) is 2.96. The summed E-state index contributed by atoms with van der Waals surface area (Å²) in [6.45, 7) is 7.28. The highest BCUT2D eigenvalue weighted by molar-refractivity contribution is 7.89. The van der Waals surface area contributed by atoms with Gasteiger partial charge in [-0.1, -0.05) is 45.0 Å². The van der Waals surface area contributed by atoms with E-state index >= 15 is 0 Å². The summed E-state index contributed by atoms with van der Waals surface area (Å²) >= 11 is 0. The van der Waals surface area contributed by atoms with Crippen LogP contribution < -0.4 is 4.74 Å². The van der Waals surface area contributed by atoms with Crippen LogP contribution in [-0.4, -0.2) is 56.3 Å². The number of nitrogens with zero attached hydrogens (tertiary/aromatic N) is 3. The van der Waals surface area contributed by atoms with Gasteiger partial charge in [0.1, 0.15) is 5.75 Å². The molecule has 2 aromatic rings. The number of benzene rings is 2. The average molecular weight is 456 g/mol. The Morgan fingerprint density at radius 2 is 1.59 bits per heavy atom. The molecule has 3 rings (SSSR count). The molecule has 0 saturated carbocycles. The molecule has 0 atom stereocenters. The van der Waals surface area contributed by atoms with Gasteiger partial charge >= 0.3 is 0 Å². The number of hydrogen-bond donors (Lipinski definition) is 0. The van der Waals surface area contributed by atoms with Gasteiger partial charge in [0, 0.05) is 26.2 Å². The largest absolute Gasteiger partial charge is 0.484 e. The van der Waals surface area contributed by atoms with Crippen LogP contribution in [0.15, 0.2) is 53.4 Å². The van der Waals surface area contributed by atoms with Gasteiger partial charge in [0.25, 0.3) is 5.91 Å². The number of hydrogen-bond acceptors (Lipinski definition) is 5. The number of amides is 1. The SMILES string of the molecule is CC(C)(C)c1ccc(S(=O)(=O)N2CCN(C(=O)COc3ccc(CC#N)cc3)CC2)cc1. The normalized spacial score (nSPS) is 15.2. The van der Waals surface area contributed by atoms with E-state index in [1.165, 1.54) is 4.31 Å². The molecular formula is C24H29N3O4S. The van der Waals surface area contributed by atoms with Gasteiger partial charge in [-0.3, -0.25) is 4.79 Å². The number of piperazine rings is 1. The zero-order valence-electron chi connectivity index (χ0n) is 18.7. The molecule has 1 aliphatic heterocycles. The number of nitriles is 1. The summed E-state index contributed by atoms with van der Waals surface area (Å²) in [7, 11) is -3.60. The Morgan fingerprint density at radius 1 is 1.00 bits per heavy atom. The van der Waals surface area contributed by atoms with Crippen LogP contribution >= 0.6 is 0 Å². The van der Waals surface area contributed by atoms with Gasteiger partial charge in [-0.05, 0) is 40.8 Å². The number of rotatable bonds is 6. The molecule has 1 aliphatic rings. The van der Waals surface area contributed by atoms with Crippen LogP contribution in [0.1, 0.15) is 31.9 Å². The van der Waals surface area contributed by atoms with Crippen molar-refractivity contribution in [3.8, 4) is 11.8 Å². The summed E-state index contributed by atoms with van der Waals surface area (Å²) in [5.74, 6) is 0.373. The van der Waals surface area contributed by atoms with Gasteiger partial charge in [-0.25, -0.2) is 8.42 Å². The van der Waals surface area contributed by atoms with Crippen molar-refractivity contribution in [3.05, 3.63) is 59.7 Å². The Hall–Kier alpha value is -2.89. The molecule has 2 aromatic carbocycles. The molecule has 0 radical (unpaired) electrons. The van der Waals surface area contributed by atoms with Gasteiger partial charge in [0.2, 0.25) is 10.0 Å². The Bertz CT molecular complexity index is 1070. The van der Waals surface area contributed by atoms with Gasteiger partial charge in [0.05, 0.1) is 17.4 Å². The fraction of sp³-hybridized carbons (Fsp3) is 0.417. The number of sulfonamides is 1. The van der Waals surface area contributed by atoms with Crippen LogP contribution in [0, 0.1) is 11.3 Å². The molecule has 0 aliphatic carbocycles. The van der Waals surface area contributed by atoms with Gasteiger partial charge in [-0.15, -0.1) is 0 Å². The van der Waals surface area contributed by atoms with Gasteiger partial charge in [-0.2, -0.15) is 9.57 Å². The van der Waals surface area contributed by atoms with Crippen LogP contribution in [0.3, 0.4) is 0 Å². The lowest BCUT2D eigenvalue weighted by atomic mass is 9.87. The van der Waals surface area contributed by atoms with Crippen molar-refractivity contribution < 1.29 is 17.9 Å². The van der Waals surface area contributed by atoms with E-state index in [1.807, 2.05) is 12.1 Å². The third-order valence-electron chi connectivity index (χ3n) is 5.52. The molecule has 7 nitrogen and oxygen atoms in total. The highest BCUT2D eigenvalue weighted by Crippen LogP contribution is 2.25. The fourth-order valence-electron chi connectivity index (χ4n) is 3.49. The van der Waals surface area contributed by atoms with E-state index < -0.39 is 10.0 Å². The maximum Gasteiger partial charge on any atom is 0.260 e. The monoisotopic (exact) mass is 455 g/mol. The molecule has 0 aromatic heterocycles. The second-order valence-corrected chi connectivity index (χ2v) is 10.8. The molecule has 170 valence electrons. The summed E-state index contributed by atoms with van der Waals surface area (Å²) in [5.41, 5.74) is 1.91. The Labute approximate surface area is 190 Å². The first-order valence-corrected chi connectivity index (χ1v) is 12.0. The van der Waals surface area contributed by atoms with Crippen LogP contribution in [0.4, 0.5) is 0 Å². The summed E-state index contributed by atoms with van der Waals surface area (Å²) in [6, 6.07) is 16.2. The summed E-state index contributed by atoms with van der Waals surface area (Å²) in [5, 5.41) is 8.71. The standard InChI is InChI=1S/C24H29N3O4S/c1-24(2,3)20-6-10-22(11-7-20)32(29,30)27-16-14-26(15-17-27)23(28)18-31-21-8-4-19(5-9-21)12-13-25/h4-11H,12,14-18H2,1-3H3. The maximum absolute atomic E-state index is 13.0. The van der Waals surface area contributed by atoms with E-state index in [9.17, 15) is 13.2 Å². The van der Waals surface area contributed by atoms with Crippen LogP contribution in [0.2, 0.25) is 0 Å². The first kappa shape index (κ1) is 23.8. The zero-order valence-corrected chi connectivity index (χ0v) is 19.6. The predicted molar refractivity (Wildman–Crippen MR) is 122 cm³/mol. The first-order chi connectivity index (χ1) is 15.1. The molecule has 0 spiro atoms. The molecule has 1 heterocycles. The maximum atomic E-state index is 13.0. The number of ether oxygens (including phenoxy) is 1. The van der Waals surface area contributed by atoms with E-state index in [-0.39, 0.29) is 35.9 Å². The van der Waals surface area contributed by atoms with Crippen LogP contribution in [-0.2, 0) is 26.7 Å². The molecule has 8 heteroatoms. The molecule has 1 saturated heterocycles. The third kappa shape index (κ3) is 5.67. The Balaban J connectivity index is 1.53. The lowest BCUT2D eigenvalue weighted by molar-refractivity contribution is -0.134. The van der Waals surface area contributed by atoms with E-state index in [0.717, 1.165) is 11.1 Å². The zero-order chi connectivity index (χ0) is 23.4. The number of carbonyl (C=O) groups is 1. The smallest absolute Gasteiger partial charge is 0.260 e. The molecule has 32 heavy (non-hydrogen) atoms. The molecule has 1 fully saturated rings. The summed E-state index contributed by atoms with van der Waals surface area (Å²) in [6.07, 6.45) is 0.327. The average Bonchev–Trinajstić information content (AvgIpc) is 2.78. The van der Waals surface area contributed by atoms with E-state index in [0.29, 0.717) is 25.3 Å². The number of carbonyl (C=O) groups excluding carboxylic acids is 1. The van der Waals surface area contributed by atoms with Crippen molar-refractivity contribution in [1.82, 2.24) is 9.21 Å². The second-order valence-electron chi connectivity index (χ2n) is 8.83. The highest BCUT2D eigenvalue weighted by Gasteiger charge is 2.30. The van der Waals surface area contributed by atoms with E-state index in [2.05, 4.69) is 26.8 Å². The Morgan fingerprint density at radius 3 is 2.12 bits per heavy atom. The van der Waals surface area contributed by atoms with Gasteiger partial charge in [0.15, 0.2) is 6.61 Å². The van der Waals surface area contributed by atoms with Crippen molar-refractivity contribution in [2.45, 2.75) is 37.5 Å². The third-order valence-corrected chi connectivity index (χ3v) is 7.43. The Kier molecular flexibility index (Phi) is 7.22. The fourth-order valence-corrected chi connectivity index (χ4v) is 4.91. The lowest BCUT2D eigenvalue weighted by Gasteiger charge is -2.34. The van der Waals surface area contributed by atoms with E-state index in [1.54, 1.807) is 41.3 Å². The van der Waals surface area contributed by atoms with Gasteiger partial charge < -0.3 is 9.64 Å². The lowest BCUT2D eigenvalue weighted by Crippen LogP contribution is -2.51. The second kappa shape index (κ2) is 9.72. The topological polar surface area (TPSA) is 90.7 Å². The van der Waals surface area contributed by atoms with Crippen molar-refractivity contribution in [1.29, 1.82) is 5.26 Å². The van der Waals surface area contributed by atoms with Crippen molar-refractivity contribution in [2.24, 2.45) is 0 Å². The van der Waals surface area contributed by atoms with E-state index in [4.69, 9.17) is 10.00 Å². The molecule has 0 N–H and O–H groups in total. The molecular weight excluding hydrogens is 426 g/mol. The summed E-state index contributed by atoms with van der Waals surface area (Å²) in [4.78, 5) is 14.4. The minimum Gasteiger partial charge on any atom is -0.484 e. The molecule has 1 amide bonds.